The second-order valence-corrected chi connectivity index (χ2v) is 5.73. The molecule has 1 amide bonds. The van der Waals surface area contributed by atoms with Gasteiger partial charge in [-0.05, 0) is 30.9 Å². The lowest BCUT2D eigenvalue weighted by Gasteiger charge is -2.07. The van der Waals surface area contributed by atoms with E-state index in [0.717, 1.165) is 23.0 Å². The summed E-state index contributed by atoms with van der Waals surface area (Å²) < 4.78 is 1.93. The second-order valence-electron chi connectivity index (χ2n) is 5.29. The van der Waals surface area contributed by atoms with Crippen molar-refractivity contribution < 1.29 is 4.79 Å². The fraction of sp³-hybridized carbons (Fsp3) is 0.333. The Morgan fingerprint density at radius 1 is 1.40 bits per heavy atom. The average molecular weight is 287 g/mol. The van der Waals surface area contributed by atoms with E-state index in [1.807, 2.05) is 35.0 Å². The van der Waals surface area contributed by atoms with Gasteiger partial charge in [-0.15, -0.1) is 0 Å². The molecule has 0 spiro atoms. The number of hydrogen-bond donors (Lipinski definition) is 2. The molecule has 1 fully saturated rings. The molecular weight excluding hydrogens is 270 g/mol. The highest BCUT2D eigenvalue weighted by Crippen LogP contribution is 2.27. The molecule has 1 aliphatic rings. The van der Waals surface area contributed by atoms with Gasteiger partial charge in [0.1, 0.15) is 11.5 Å². The van der Waals surface area contributed by atoms with Gasteiger partial charge in [-0.2, -0.15) is 0 Å². The Labute approximate surface area is 122 Å². The number of carbonyl (C=O) groups is 1. The van der Waals surface area contributed by atoms with Crippen LogP contribution in [0.15, 0.2) is 30.5 Å². The van der Waals surface area contributed by atoms with Gasteiger partial charge in [-0.3, -0.25) is 4.79 Å². The smallest absolute Gasteiger partial charge is 0.239 e. The van der Waals surface area contributed by atoms with Crippen molar-refractivity contribution in [3.05, 3.63) is 36.0 Å². The van der Waals surface area contributed by atoms with E-state index in [1.54, 1.807) is 0 Å². The van der Waals surface area contributed by atoms with Crippen molar-refractivity contribution in [1.82, 2.24) is 9.88 Å². The van der Waals surface area contributed by atoms with Gasteiger partial charge in [0.05, 0.1) is 0 Å². The Kier molecular flexibility index (Phi) is 3.44. The van der Waals surface area contributed by atoms with Crippen molar-refractivity contribution in [2.45, 2.75) is 19.4 Å². The molecule has 20 heavy (non-hydrogen) atoms. The molecule has 0 aliphatic heterocycles. The Morgan fingerprint density at radius 3 is 2.90 bits per heavy atom. The Bertz CT molecular complexity index is 673. The van der Waals surface area contributed by atoms with Gasteiger partial charge in [-0.1, -0.05) is 24.4 Å². The zero-order chi connectivity index (χ0) is 14.1. The molecule has 2 aromatic rings. The molecule has 0 unspecified atom stereocenters. The van der Waals surface area contributed by atoms with E-state index in [-0.39, 0.29) is 5.91 Å². The number of nitrogens with one attached hydrogen (secondary N) is 1. The molecule has 1 heterocycles. The number of nitrogens with zero attached hydrogens (tertiary/aromatic N) is 1. The van der Waals surface area contributed by atoms with Crippen LogP contribution in [0.4, 0.5) is 0 Å². The van der Waals surface area contributed by atoms with E-state index < -0.39 is 0 Å². The molecule has 0 bridgehead atoms. The van der Waals surface area contributed by atoms with E-state index in [0.29, 0.717) is 17.5 Å². The van der Waals surface area contributed by atoms with Gasteiger partial charge in [0.15, 0.2) is 0 Å². The number of aromatic nitrogens is 1. The molecule has 104 valence electrons. The zero-order valence-corrected chi connectivity index (χ0v) is 12.0. The van der Waals surface area contributed by atoms with Gasteiger partial charge in [0.25, 0.3) is 0 Å². The maximum Gasteiger partial charge on any atom is 0.239 e. The molecule has 0 saturated heterocycles. The van der Waals surface area contributed by atoms with Crippen LogP contribution in [0, 0.1) is 5.92 Å². The number of carbonyl (C=O) groups excluding carboxylic acids is 1. The van der Waals surface area contributed by atoms with Gasteiger partial charge in [-0.25, -0.2) is 0 Å². The Morgan fingerprint density at radius 2 is 2.20 bits per heavy atom. The molecule has 1 aromatic carbocycles. The molecule has 0 atom stereocenters. The summed E-state index contributed by atoms with van der Waals surface area (Å²) in [7, 11) is 0. The van der Waals surface area contributed by atoms with Crippen LogP contribution >= 0.6 is 12.2 Å². The minimum Gasteiger partial charge on any atom is -0.389 e. The summed E-state index contributed by atoms with van der Waals surface area (Å²) >= 11 is 5.05. The van der Waals surface area contributed by atoms with Crippen LogP contribution in [-0.2, 0) is 11.3 Å². The highest BCUT2D eigenvalue weighted by molar-refractivity contribution is 7.80. The summed E-state index contributed by atoms with van der Waals surface area (Å²) in [5.41, 5.74) is 7.56. The first kappa shape index (κ1) is 13.1. The Hall–Kier alpha value is -1.88. The third-order valence-electron chi connectivity index (χ3n) is 3.68. The quantitative estimate of drug-likeness (QED) is 0.824. The number of amides is 1. The van der Waals surface area contributed by atoms with Crippen LogP contribution in [0.25, 0.3) is 10.9 Å². The third kappa shape index (κ3) is 2.67. The molecule has 0 radical (unpaired) electrons. The fourth-order valence-corrected chi connectivity index (χ4v) is 2.54. The summed E-state index contributed by atoms with van der Waals surface area (Å²) in [6.45, 7) is 1.13. The lowest BCUT2D eigenvalue weighted by molar-refractivity contribution is -0.121. The normalized spacial score (nSPS) is 14.4. The minimum atomic E-state index is 0.0510. The highest BCUT2D eigenvalue weighted by atomic mass is 32.1. The Balaban J connectivity index is 1.79. The number of thiocarbonyl (C=S) groups is 1. The second kappa shape index (κ2) is 5.25. The van der Waals surface area contributed by atoms with Crippen LogP contribution in [0.2, 0.25) is 0 Å². The van der Waals surface area contributed by atoms with Gasteiger partial charge >= 0.3 is 0 Å². The van der Waals surface area contributed by atoms with Crippen LogP contribution in [-0.4, -0.2) is 22.0 Å². The van der Waals surface area contributed by atoms with Crippen molar-refractivity contribution in [2.24, 2.45) is 11.7 Å². The van der Waals surface area contributed by atoms with Crippen LogP contribution in [0.5, 0.6) is 0 Å². The molecule has 3 rings (SSSR count). The van der Waals surface area contributed by atoms with Crippen LogP contribution < -0.4 is 11.1 Å². The molecular formula is C15H17N3OS. The number of benzene rings is 1. The maximum absolute atomic E-state index is 11.9. The van der Waals surface area contributed by atoms with Gasteiger partial charge in [0, 0.05) is 29.2 Å². The highest BCUT2D eigenvalue weighted by Gasteiger charge is 2.21. The molecule has 1 saturated carbocycles. The van der Waals surface area contributed by atoms with Gasteiger partial charge < -0.3 is 15.6 Å². The zero-order valence-electron chi connectivity index (χ0n) is 11.1. The summed E-state index contributed by atoms with van der Waals surface area (Å²) in [6.07, 6.45) is 4.39. The summed E-state index contributed by atoms with van der Waals surface area (Å²) in [5.74, 6) is 0.747. The molecule has 1 aliphatic carbocycles. The SMILES string of the molecule is NC(=S)c1cccc2c1ccn2CC(=O)NCC1CC1. The van der Waals surface area contributed by atoms with Crippen molar-refractivity contribution in [3.63, 3.8) is 0 Å². The predicted molar refractivity (Wildman–Crippen MR) is 83.6 cm³/mol. The van der Waals surface area contributed by atoms with Crippen molar-refractivity contribution in [3.8, 4) is 0 Å². The molecule has 5 heteroatoms. The fourth-order valence-electron chi connectivity index (χ4n) is 2.37. The number of hydrogen-bond acceptors (Lipinski definition) is 2. The number of rotatable bonds is 5. The standard InChI is InChI=1S/C15H17N3OS/c16-15(20)12-2-1-3-13-11(12)6-7-18(13)9-14(19)17-8-10-4-5-10/h1-3,6-7,10H,4-5,8-9H2,(H2,16,20)(H,17,19). The summed E-state index contributed by atoms with van der Waals surface area (Å²) in [6, 6.07) is 7.75. The van der Waals surface area contributed by atoms with E-state index >= 15 is 0 Å². The van der Waals surface area contributed by atoms with Crippen molar-refractivity contribution >= 4 is 34.0 Å². The molecule has 1 aromatic heterocycles. The minimum absolute atomic E-state index is 0.0510. The third-order valence-corrected chi connectivity index (χ3v) is 3.90. The lowest BCUT2D eigenvalue weighted by Crippen LogP contribution is -2.29. The first-order chi connectivity index (χ1) is 9.65. The van der Waals surface area contributed by atoms with E-state index in [1.165, 1.54) is 12.8 Å². The van der Waals surface area contributed by atoms with Crippen molar-refractivity contribution in [1.29, 1.82) is 0 Å². The maximum atomic E-state index is 11.9. The monoisotopic (exact) mass is 287 g/mol. The number of nitrogens with two attached hydrogens (primary N) is 1. The van der Waals surface area contributed by atoms with Gasteiger partial charge in [0.2, 0.25) is 5.91 Å². The first-order valence-electron chi connectivity index (χ1n) is 6.79. The van der Waals surface area contributed by atoms with Crippen molar-refractivity contribution in [2.75, 3.05) is 6.54 Å². The largest absolute Gasteiger partial charge is 0.389 e. The molecule has 3 N–H and O–H groups in total. The topological polar surface area (TPSA) is 60.0 Å². The summed E-state index contributed by atoms with van der Waals surface area (Å²) in [5, 5.41) is 3.97. The molecule has 4 nitrogen and oxygen atoms in total. The average Bonchev–Trinajstić information content (AvgIpc) is 3.18. The van der Waals surface area contributed by atoms with E-state index in [2.05, 4.69) is 5.32 Å². The number of fused-ring (bicyclic) bond motifs is 1. The van der Waals surface area contributed by atoms with Crippen LogP contribution in [0.1, 0.15) is 18.4 Å². The predicted octanol–water partition coefficient (Wildman–Crippen LogP) is 1.80. The van der Waals surface area contributed by atoms with Crippen LogP contribution in [0.3, 0.4) is 0 Å². The summed E-state index contributed by atoms with van der Waals surface area (Å²) in [4.78, 5) is 12.3. The first-order valence-corrected chi connectivity index (χ1v) is 7.20. The van der Waals surface area contributed by atoms with E-state index in [9.17, 15) is 4.79 Å². The lowest BCUT2D eigenvalue weighted by atomic mass is 10.1. The van der Waals surface area contributed by atoms with E-state index in [4.69, 9.17) is 18.0 Å².